The zero-order chi connectivity index (χ0) is 29.7. The molecular weight excluding hydrogens is 528 g/mol. The van der Waals surface area contributed by atoms with Crippen molar-refractivity contribution in [3.8, 4) is 11.5 Å². The van der Waals surface area contributed by atoms with E-state index in [9.17, 15) is 24.3 Å². The lowest BCUT2D eigenvalue weighted by atomic mass is 9.84. The van der Waals surface area contributed by atoms with Crippen molar-refractivity contribution in [2.75, 3.05) is 67.2 Å². The van der Waals surface area contributed by atoms with Crippen LogP contribution in [0.1, 0.15) is 56.9 Å². The summed E-state index contributed by atoms with van der Waals surface area (Å²) in [6, 6.07) is 4.97. The van der Waals surface area contributed by atoms with Crippen molar-refractivity contribution in [3.05, 3.63) is 23.8 Å². The van der Waals surface area contributed by atoms with E-state index < -0.39 is 23.8 Å². The molecule has 3 amide bonds. The summed E-state index contributed by atoms with van der Waals surface area (Å²) < 4.78 is 11.8. The first kappa shape index (κ1) is 30.8. The molecule has 3 heterocycles. The van der Waals surface area contributed by atoms with E-state index in [1.165, 1.54) is 4.90 Å². The summed E-state index contributed by atoms with van der Waals surface area (Å²) in [7, 11) is 6.39. The maximum Gasteiger partial charge on any atom is 0.308 e. The number of carbonyl (C=O) groups excluding carboxylic acids is 3. The predicted octanol–water partition coefficient (Wildman–Crippen LogP) is 2.15. The van der Waals surface area contributed by atoms with Crippen LogP contribution in [0.2, 0.25) is 0 Å². The first-order valence-electron chi connectivity index (χ1n) is 14.8. The summed E-state index contributed by atoms with van der Waals surface area (Å²) in [5.74, 6) is -1.45. The van der Waals surface area contributed by atoms with E-state index in [4.69, 9.17) is 9.47 Å². The van der Waals surface area contributed by atoms with E-state index in [0.717, 1.165) is 35.9 Å². The monoisotopic (exact) mass is 573 g/mol. The summed E-state index contributed by atoms with van der Waals surface area (Å²) in [6.45, 7) is 5.07. The Balaban J connectivity index is 1.57. The quantitative estimate of drug-likeness (QED) is 0.266. The molecule has 11 heteroatoms. The Morgan fingerprint density at radius 2 is 1.73 bits per heavy atom. The van der Waals surface area contributed by atoms with Crippen LogP contribution in [-0.2, 0) is 19.2 Å². The zero-order valence-electron chi connectivity index (χ0n) is 24.8. The lowest BCUT2D eigenvalue weighted by molar-refractivity contribution is -0.870. The molecule has 0 aromatic heterocycles. The number of aliphatic carboxylic acids is 1. The van der Waals surface area contributed by atoms with Crippen LogP contribution in [-0.4, -0.2) is 121 Å². The maximum atomic E-state index is 13.7. The molecule has 1 N–H and O–H groups in total. The highest BCUT2D eigenvalue weighted by molar-refractivity contribution is 6.01. The summed E-state index contributed by atoms with van der Waals surface area (Å²) in [6.07, 6.45) is 3.41. The number of unbranched alkanes of at least 4 members (excludes halogenated alkanes) is 1. The van der Waals surface area contributed by atoms with Gasteiger partial charge in [-0.25, -0.2) is 0 Å². The van der Waals surface area contributed by atoms with E-state index in [1.807, 2.05) is 21.9 Å². The van der Waals surface area contributed by atoms with Crippen molar-refractivity contribution in [2.45, 2.75) is 57.4 Å². The minimum atomic E-state index is -0.961. The van der Waals surface area contributed by atoms with Crippen molar-refractivity contribution >= 4 is 23.7 Å². The topological polar surface area (TPSA) is 117 Å². The number of likely N-dealkylation sites (tertiary alicyclic amines) is 2. The van der Waals surface area contributed by atoms with Crippen LogP contribution < -0.4 is 9.47 Å². The lowest BCUT2D eigenvalue weighted by Crippen LogP contribution is -2.46. The number of carboxylic acids is 1. The largest absolute Gasteiger partial charge is 0.481 e. The van der Waals surface area contributed by atoms with Crippen LogP contribution in [0.15, 0.2) is 18.2 Å². The molecule has 4 rings (SSSR count). The van der Waals surface area contributed by atoms with Crippen molar-refractivity contribution in [2.24, 2.45) is 5.92 Å². The molecule has 0 bridgehead atoms. The Labute approximate surface area is 242 Å². The highest BCUT2D eigenvalue weighted by Crippen LogP contribution is 2.42. The van der Waals surface area contributed by atoms with Crippen LogP contribution in [0, 0.1) is 5.92 Å². The number of nitrogens with zero attached hydrogens (tertiary/aromatic N) is 4. The van der Waals surface area contributed by atoms with Gasteiger partial charge in [-0.1, -0.05) is 19.4 Å². The summed E-state index contributed by atoms with van der Waals surface area (Å²) in [5, 5.41) is 10.4. The number of carboxylic acid groups (broad SMARTS) is 1. The third-order valence-electron chi connectivity index (χ3n) is 8.39. The second-order valence-electron chi connectivity index (χ2n) is 12.4. The fourth-order valence-corrected chi connectivity index (χ4v) is 6.19. The summed E-state index contributed by atoms with van der Waals surface area (Å²) in [5.41, 5.74) is 0.806. The van der Waals surface area contributed by atoms with Gasteiger partial charge in [-0.05, 0) is 30.5 Å². The Hall–Kier alpha value is -3.18. The standard InChI is InChI=1S/C30H44N4O7/c1-5-6-13-31(14-7-16-34(2,3)4)28(37)19-32-18-22(21-8-9-24-25(17-21)41-20-40-24)29(30(38)39)23(32)12-15-33-26(35)10-11-27(33)36/h8-9,17,22-23,29H,5-7,10-16,18-20H2,1-4H3/p+1/t22-,23+,29-/m1/s1. The summed E-state index contributed by atoms with van der Waals surface area (Å²) >= 11 is 0. The first-order chi connectivity index (χ1) is 19.5. The fourth-order valence-electron chi connectivity index (χ4n) is 6.19. The average Bonchev–Trinajstić information content (AvgIpc) is 3.61. The number of ether oxygens (including phenoxy) is 2. The van der Waals surface area contributed by atoms with Crippen LogP contribution in [0.4, 0.5) is 0 Å². The second-order valence-corrected chi connectivity index (χ2v) is 12.4. The fraction of sp³-hybridized carbons (Fsp3) is 0.667. The number of benzene rings is 1. The van der Waals surface area contributed by atoms with Crippen molar-refractivity contribution in [1.29, 1.82) is 0 Å². The van der Waals surface area contributed by atoms with Gasteiger partial charge in [0.1, 0.15) is 0 Å². The summed E-state index contributed by atoms with van der Waals surface area (Å²) in [4.78, 5) is 56.2. The number of carbonyl (C=O) groups is 4. The molecule has 3 atom stereocenters. The lowest BCUT2D eigenvalue weighted by Gasteiger charge is -2.31. The van der Waals surface area contributed by atoms with E-state index in [2.05, 4.69) is 28.1 Å². The molecule has 2 saturated heterocycles. The Morgan fingerprint density at radius 1 is 1.05 bits per heavy atom. The number of rotatable bonds is 14. The molecule has 1 aromatic rings. The van der Waals surface area contributed by atoms with Gasteiger partial charge in [0.15, 0.2) is 11.5 Å². The number of hydrogen-bond acceptors (Lipinski definition) is 7. The molecule has 0 unspecified atom stereocenters. The van der Waals surface area contributed by atoms with Gasteiger partial charge in [0.25, 0.3) is 0 Å². The van der Waals surface area contributed by atoms with Gasteiger partial charge in [-0.3, -0.25) is 29.0 Å². The number of fused-ring (bicyclic) bond motifs is 1. The molecule has 11 nitrogen and oxygen atoms in total. The highest BCUT2D eigenvalue weighted by atomic mass is 16.7. The number of imide groups is 1. The maximum absolute atomic E-state index is 13.7. The molecule has 0 radical (unpaired) electrons. The molecule has 0 aliphatic carbocycles. The van der Waals surface area contributed by atoms with Crippen LogP contribution in [0.5, 0.6) is 11.5 Å². The highest BCUT2D eigenvalue weighted by Gasteiger charge is 2.48. The van der Waals surface area contributed by atoms with Gasteiger partial charge in [0.05, 0.1) is 40.2 Å². The molecule has 226 valence electrons. The third-order valence-corrected chi connectivity index (χ3v) is 8.39. The SMILES string of the molecule is CCCCN(CCC[N+](C)(C)C)C(=O)CN1C[C@H](c2ccc3c(c2)OCO3)[C@@H](C(=O)O)[C@@H]1CCN1C(=O)CCC1=O. The van der Waals surface area contributed by atoms with Crippen LogP contribution in [0.3, 0.4) is 0 Å². The average molecular weight is 574 g/mol. The number of hydrogen-bond donors (Lipinski definition) is 1. The Morgan fingerprint density at radius 3 is 2.39 bits per heavy atom. The molecule has 1 aromatic carbocycles. The Kier molecular flexibility index (Phi) is 9.91. The van der Waals surface area contributed by atoms with Gasteiger partial charge >= 0.3 is 5.97 Å². The second kappa shape index (κ2) is 13.2. The van der Waals surface area contributed by atoms with Gasteiger partial charge < -0.3 is 24.0 Å². The van der Waals surface area contributed by atoms with Gasteiger partial charge in [-0.15, -0.1) is 0 Å². The van der Waals surface area contributed by atoms with E-state index in [0.29, 0.717) is 37.6 Å². The first-order valence-corrected chi connectivity index (χ1v) is 14.8. The third kappa shape index (κ3) is 7.56. The smallest absolute Gasteiger partial charge is 0.308 e. The van der Waals surface area contributed by atoms with Crippen molar-refractivity contribution < 1.29 is 38.2 Å². The number of amides is 3. The van der Waals surface area contributed by atoms with Crippen LogP contribution >= 0.6 is 0 Å². The molecule has 3 aliphatic heterocycles. The molecular formula is C30H45N4O7+. The minimum absolute atomic E-state index is 0.0198. The van der Waals surface area contributed by atoms with E-state index in [1.54, 1.807) is 6.07 Å². The van der Waals surface area contributed by atoms with Gasteiger partial charge in [-0.2, -0.15) is 0 Å². The molecule has 0 saturated carbocycles. The zero-order valence-corrected chi connectivity index (χ0v) is 24.8. The van der Waals surface area contributed by atoms with E-state index in [-0.39, 0.29) is 50.4 Å². The molecule has 0 spiro atoms. The van der Waals surface area contributed by atoms with Crippen molar-refractivity contribution in [3.63, 3.8) is 0 Å². The minimum Gasteiger partial charge on any atom is -0.481 e. The molecule has 3 aliphatic rings. The van der Waals surface area contributed by atoms with Gasteiger partial charge in [0, 0.05) is 57.4 Å². The predicted molar refractivity (Wildman–Crippen MR) is 151 cm³/mol. The molecule has 41 heavy (non-hydrogen) atoms. The van der Waals surface area contributed by atoms with Crippen LogP contribution in [0.25, 0.3) is 0 Å². The Bertz CT molecular complexity index is 1120. The normalized spacial score (nSPS) is 22.5. The number of quaternary nitrogens is 1. The molecule has 2 fully saturated rings. The van der Waals surface area contributed by atoms with E-state index >= 15 is 0 Å². The van der Waals surface area contributed by atoms with Crippen molar-refractivity contribution in [1.82, 2.24) is 14.7 Å². The van der Waals surface area contributed by atoms with Gasteiger partial charge in [0.2, 0.25) is 24.5 Å².